The Morgan fingerprint density at radius 2 is 1.84 bits per heavy atom. The van der Waals surface area contributed by atoms with Gasteiger partial charge in [0, 0.05) is 0 Å². The van der Waals surface area contributed by atoms with Gasteiger partial charge in [0.2, 0.25) is 0 Å². The molecule has 0 aliphatic rings. The third-order valence-electron chi connectivity index (χ3n) is 2.83. The summed E-state index contributed by atoms with van der Waals surface area (Å²) in [4.78, 5) is 4.07. The van der Waals surface area contributed by atoms with Gasteiger partial charge >= 0.3 is 0 Å². The van der Waals surface area contributed by atoms with Crippen LogP contribution >= 0.6 is 0 Å². The molecule has 100 valence electrons. The van der Waals surface area contributed by atoms with Gasteiger partial charge in [-0.25, -0.2) is 13.4 Å². The first-order valence-corrected chi connectivity index (χ1v) is 7.18. The van der Waals surface area contributed by atoms with Gasteiger partial charge in [0.15, 0.2) is 0 Å². The number of nitrogens with zero attached hydrogens (tertiary/aromatic N) is 1. The summed E-state index contributed by atoms with van der Waals surface area (Å²) in [7, 11) is -3.60. The first kappa shape index (κ1) is 13.4. The molecule has 5 nitrogen and oxygen atoms in total. The summed E-state index contributed by atoms with van der Waals surface area (Å²) >= 11 is 0. The van der Waals surface area contributed by atoms with Gasteiger partial charge in [0.05, 0.1) is 16.8 Å². The maximum Gasteiger partial charge on any atom is 0.261 e. The molecule has 0 unspecified atom stereocenters. The lowest BCUT2D eigenvalue weighted by Gasteiger charge is -2.09. The van der Waals surface area contributed by atoms with Gasteiger partial charge in [-0.05, 0) is 49.2 Å². The van der Waals surface area contributed by atoms with Crippen molar-refractivity contribution in [3.8, 4) is 0 Å². The minimum atomic E-state index is -3.60. The zero-order valence-electron chi connectivity index (χ0n) is 10.7. The van der Waals surface area contributed by atoms with Gasteiger partial charge in [-0.3, -0.25) is 4.72 Å². The Bertz CT molecular complexity index is 694. The molecule has 0 bridgehead atoms. The molecule has 0 spiro atoms. The molecule has 0 fully saturated rings. The Balaban J connectivity index is 2.32. The van der Waals surface area contributed by atoms with E-state index in [1.807, 2.05) is 13.8 Å². The number of rotatable bonds is 3. The summed E-state index contributed by atoms with van der Waals surface area (Å²) in [5.74, 6) is 0.342. The van der Waals surface area contributed by atoms with Crippen LogP contribution in [-0.4, -0.2) is 13.4 Å². The number of hydrogen-bond acceptors (Lipinski definition) is 4. The topological polar surface area (TPSA) is 85.1 Å². The summed E-state index contributed by atoms with van der Waals surface area (Å²) in [6.07, 6.45) is 1.38. The number of anilines is 2. The zero-order chi connectivity index (χ0) is 14.0. The van der Waals surface area contributed by atoms with Crippen molar-refractivity contribution >= 4 is 21.5 Å². The molecule has 2 rings (SSSR count). The summed E-state index contributed by atoms with van der Waals surface area (Å²) in [6, 6.07) is 8.11. The number of hydrogen-bond donors (Lipinski definition) is 2. The summed E-state index contributed by atoms with van der Waals surface area (Å²) in [5, 5.41) is 0. The second-order valence-electron chi connectivity index (χ2n) is 4.32. The fraction of sp³-hybridized carbons (Fsp3) is 0.154. The SMILES string of the molecule is Cc1ccc(S(=O)(=O)Nc2ccc(N)nc2)cc1C. The fourth-order valence-corrected chi connectivity index (χ4v) is 2.69. The predicted molar refractivity (Wildman–Crippen MR) is 75.4 cm³/mol. The maximum atomic E-state index is 12.2. The van der Waals surface area contributed by atoms with Crippen molar-refractivity contribution in [1.82, 2.24) is 4.98 Å². The second kappa shape index (κ2) is 4.89. The van der Waals surface area contributed by atoms with Gasteiger partial charge in [0.25, 0.3) is 10.0 Å². The largest absolute Gasteiger partial charge is 0.384 e. The van der Waals surface area contributed by atoms with E-state index in [9.17, 15) is 8.42 Å². The summed E-state index contributed by atoms with van der Waals surface area (Å²) in [6.45, 7) is 3.81. The van der Waals surface area contributed by atoms with Crippen molar-refractivity contribution in [3.63, 3.8) is 0 Å². The highest BCUT2D eigenvalue weighted by Crippen LogP contribution is 2.18. The number of nitrogens with two attached hydrogens (primary N) is 1. The van der Waals surface area contributed by atoms with E-state index >= 15 is 0 Å². The molecule has 0 aliphatic carbocycles. The molecule has 1 heterocycles. The third-order valence-corrected chi connectivity index (χ3v) is 4.21. The van der Waals surface area contributed by atoms with Crippen molar-refractivity contribution in [2.75, 3.05) is 10.5 Å². The molecular weight excluding hydrogens is 262 g/mol. The molecule has 19 heavy (non-hydrogen) atoms. The maximum absolute atomic E-state index is 12.2. The van der Waals surface area contributed by atoms with Crippen LogP contribution in [0, 0.1) is 13.8 Å². The van der Waals surface area contributed by atoms with Gasteiger partial charge in [-0.1, -0.05) is 6.07 Å². The van der Waals surface area contributed by atoms with Crippen molar-refractivity contribution in [3.05, 3.63) is 47.7 Å². The lowest BCUT2D eigenvalue weighted by atomic mass is 10.1. The minimum absolute atomic E-state index is 0.229. The molecule has 2 aromatic rings. The fourth-order valence-electron chi connectivity index (χ4n) is 1.56. The first-order valence-electron chi connectivity index (χ1n) is 5.70. The molecule has 0 aliphatic heterocycles. The lowest BCUT2D eigenvalue weighted by molar-refractivity contribution is 0.601. The quantitative estimate of drug-likeness (QED) is 0.899. The van der Waals surface area contributed by atoms with E-state index in [0.717, 1.165) is 11.1 Å². The zero-order valence-corrected chi connectivity index (χ0v) is 11.5. The average molecular weight is 277 g/mol. The first-order chi connectivity index (χ1) is 8.88. The van der Waals surface area contributed by atoms with Gasteiger partial charge in [-0.15, -0.1) is 0 Å². The van der Waals surface area contributed by atoms with E-state index in [0.29, 0.717) is 11.5 Å². The van der Waals surface area contributed by atoms with Crippen LogP contribution in [0.5, 0.6) is 0 Å². The monoisotopic (exact) mass is 277 g/mol. The lowest BCUT2D eigenvalue weighted by Crippen LogP contribution is -2.13. The van der Waals surface area contributed by atoms with Gasteiger partial charge in [0.1, 0.15) is 5.82 Å². The molecule has 0 radical (unpaired) electrons. The van der Waals surface area contributed by atoms with Crippen LogP contribution in [0.15, 0.2) is 41.4 Å². The molecular formula is C13H15N3O2S. The summed E-state index contributed by atoms with van der Waals surface area (Å²) < 4.78 is 26.8. The van der Waals surface area contributed by atoms with E-state index in [4.69, 9.17) is 5.73 Å². The van der Waals surface area contributed by atoms with Crippen LogP contribution in [-0.2, 0) is 10.0 Å². The third kappa shape index (κ3) is 3.03. The highest BCUT2D eigenvalue weighted by Gasteiger charge is 2.14. The molecule has 3 N–H and O–H groups in total. The number of aromatic nitrogens is 1. The minimum Gasteiger partial charge on any atom is -0.384 e. The molecule has 0 amide bonds. The number of pyridine rings is 1. The van der Waals surface area contributed by atoms with E-state index in [1.54, 1.807) is 24.3 Å². The van der Waals surface area contributed by atoms with Crippen LogP contribution in [0.25, 0.3) is 0 Å². The Labute approximate surface area is 112 Å². The molecule has 6 heteroatoms. The molecule has 0 saturated heterocycles. The Morgan fingerprint density at radius 3 is 2.42 bits per heavy atom. The number of nitrogens with one attached hydrogen (secondary N) is 1. The summed E-state index contributed by atoms with van der Waals surface area (Å²) in [5.41, 5.74) is 7.81. The molecule has 0 atom stereocenters. The van der Waals surface area contributed by atoms with Gasteiger partial charge < -0.3 is 5.73 Å². The molecule has 1 aromatic heterocycles. The van der Waals surface area contributed by atoms with E-state index in [1.165, 1.54) is 12.3 Å². The standard InChI is InChI=1S/C13H15N3O2S/c1-9-3-5-12(7-10(9)2)19(17,18)16-11-4-6-13(14)15-8-11/h3-8,16H,1-2H3,(H2,14,15). The van der Waals surface area contributed by atoms with Crippen LogP contribution in [0.3, 0.4) is 0 Å². The van der Waals surface area contributed by atoms with Crippen LogP contribution < -0.4 is 10.5 Å². The average Bonchev–Trinajstić information content (AvgIpc) is 2.35. The molecule has 1 aromatic carbocycles. The van der Waals surface area contributed by atoms with E-state index in [-0.39, 0.29) is 4.90 Å². The Hall–Kier alpha value is -2.08. The number of aryl methyl sites for hydroxylation is 2. The van der Waals surface area contributed by atoms with Crippen molar-refractivity contribution in [2.45, 2.75) is 18.7 Å². The molecule has 0 saturated carbocycles. The van der Waals surface area contributed by atoms with Crippen LogP contribution in [0.1, 0.15) is 11.1 Å². The van der Waals surface area contributed by atoms with E-state index in [2.05, 4.69) is 9.71 Å². The number of nitrogen functional groups attached to an aromatic ring is 1. The number of sulfonamides is 1. The smallest absolute Gasteiger partial charge is 0.261 e. The Kier molecular flexibility index (Phi) is 3.44. The van der Waals surface area contributed by atoms with Crippen molar-refractivity contribution in [2.24, 2.45) is 0 Å². The van der Waals surface area contributed by atoms with Crippen LogP contribution in [0.2, 0.25) is 0 Å². The van der Waals surface area contributed by atoms with Gasteiger partial charge in [-0.2, -0.15) is 0 Å². The van der Waals surface area contributed by atoms with Crippen molar-refractivity contribution < 1.29 is 8.42 Å². The highest BCUT2D eigenvalue weighted by molar-refractivity contribution is 7.92. The highest BCUT2D eigenvalue weighted by atomic mass is 32.2. The predicted octanol–water partition coefficient (Wildman–Crippen LogP) is 2.08. The second-order valence-corrected chi connectivity index (χ2v) is 6.01. The van der Waals surface area contributed by atoms with E-state index < -0.39 is 10.0 Å². The Morgan fingerprint density at radius 1 is 1.11 bits per heavy atom. The number of benzene rings is 1. The normalized spacial score (nSPS) is 11.3. The van der Waals surface area contributed by atoms with Crippen molar-refractivity contribution in [1.29, 1.82) is 0 Å². The van der Waals surface area contributed by atoms with Crippen LogP contribution in [0.4, 0.5) is 11.5 Å².